The van der Waals surface area contributed by atoms with E-state index in [-0.39, 0.29) is 20.1 Å². The minimum atomic E-state index is -0.500. The number of unbranched alkanes of at least 4 members (excludes halogenated alkanes) is 4. The molecule has 8 rings (SSSR count). The van der Waals surface area contributed by atoms with Crippen molar-refractivity contribution in [3.63, 3.8) is 0 Å². The molecule has 2 aliphatic rings. The summed E-state index contributed by atoms with van der Waals surface area (Å²) >= 11 is 0. The van der Waals surface area contributed by atoms with Gasteiger partial charge < -0.3 is 14.9 Å². The molecule has 0 aliphatic heterocycles. The van der Waals surface area contributed by atoms with Gasteiger partial charge in [-0.15, -0.1) is 41.0 Å². The van der Waals surface area contributed by atoms with E-state index in [0.717, 1.165) is 88.9 Å². The Kier molecular flexibility index (Phi) is 12.1. The first-order valence-electron chi connectivity index (χ1n) is 20.5. The molecule has 0 amide bonds. The number of ether oxygens (including phenoxy) is 2. The van der Waals surface area contributed by atoms with Crippen LogP contribution in [0, 0.1) is 19.9 Å². The second-order valence-electron chi connectivity index (χ2n) is 15.5. The van der Waals surface area contributed by atoms with E-state index in [2.05, 4.69) is 126 Å². The number of aryl methyl sites for hydroxylation is 2. The fourth-order valence-electron chi connectivity index (χ4n) is 9.00. The predicted octanol–water partition coefficient (Wildman–Crippen LogP) is 11.9. The first-order valence-corrected chi connectivity index (χ1v) is 20.5. The van der Waals surface area contributed by atoms with Crippen molar-refractivity contribution in [2.45, 2.75) is 78.6 Å². The first-order chi connectivity index (χ1) is 27.4. The van der Waals surface area contributed by atoms with Gasteiger partial charge >= 0.3 is 0 Å². The Hall–Kier alpha value is -5.02. The molecule has 0 saturated heterocycles. The zero-order chi connectivity index (χ0) is 38.8. The fraction of sp³-hybridized carbons (Fsp3) is 0.264. The van der Waals surface area contributed by atoms with E-state index in [1.165, 1.54) is 55.6 Å². The zero-order valence-corrected chi connectivity index (χ0v) is 36.2. The SMILES string of the molecule is CCCCCOc1cc2c(cc1OCCCCC)C1(c3ccccc3-c3cc(-c4cc[c-]c(/C(C)=c5\cccc\c5=C\C=[N-])c4)ccc31)c1cc(C)c(C)cc1-2.[Ir]. The van der Waals surface area contributed by atoms with E-state index < -0.39 is 5.41 Å². The van der Waals surface area contributed by atoms with Crippen LogP contribution >= 0.6 is 0 Å². The molecule has 0 bridgehead atoms. The van der Waals surface area contributed by atoms with Crippen molar-refractivity contribution >= 4 is 17.9 Å². The summed E-state index contributed by atoms with van der Waals surface area (Å²) in [6.45, 7) is 12.4. The van der Waals surface area contributed by atoms with Crippen molar-refractivity contribution in [3.8, 4) is 44.9 Å². The summed E-state index contributed by atoms with van der Waals surface area (Å²) in [5.74, 6) is 1.69. The van der Waals surface area contributed by atoms with Gasteiger partial charge in [0.1, 0.15) is 0 Å². The maximum Gasteiger partial charge on any atom is 0.161 e. The summed E-state index contributed by atoms with van der Waals surface area (Å²) in [6.07, 6.45) is 9.48. The van der Waals surface area contributed by atoms with Crippen LogP contribution in [0.4, 0.5) is 0 Å². The Labute approximate surface area is 352 Å². The second-order valence-corrected chi connectivity index (χ2v) is 15.5. The normalized spacial score (nSPS) is 15.4. The van der Waals surface area contributed by atoms with Crippen molar-refractivity contribution in [1.29, 1.82) is 0 Å². The van der Waals surface area contributed by atoms with E-state index >= 15 is 0 Å². The van der Waals surface area contributed by atoms with E-state index in [1.807, 2.05) is 24.3 Å². The van der Waals surface area contributed by atoms with Crippen molar-refractivity contribution < 1.29 is 29.6 Å². The minimum absolute atomic E-state index is 0. The van der Waals surface area contributed by atoms with Gasteiger partial charge in [-0.05, 0) is 111 Å². The summed E-state index contributed by atoms with van der Waals surface area (Å²) in [5.41, 5.74) is 16.8. The molecule has 3 nitrogen and oxygen atoms in total. The zero-order valence-electron chi connectivity index (χ0n) is 33.8. The summed E-state index contributed by atoms with van der Waals surface area (Å²) in [7, 11) is 0. The quantitative estimate of drug-likeness (QED) is 0.0657. The van der Waals surface area contributed by atoms with E-state index in [1.54, 1.807) is 6.08 Å². The van der Waals surface area contributed by atoms with Gasteiger partial charge in [0, 0.05) is 20.1 Å². The number of rotatable bonds is 13. The molecule has 1 atom stereocenters. The number of nitrogens with zero attached hydrogens (tertiary/aromatic N) is 1. The van der Waals surface area contributed by atoms with Crippen LogP contribution in [-0.4, -0.2) is 19.4 Å². The molecule has 0 N–H and O–H groups in total. The number of hydrogen-bond acceptors (Lipinski definition) is 2. The maximum absolute atomic E-state index is 9.56. The van der Waals surface area contributed by atoms with Crippen LogP contribution in [0.25, 0.3) is 50.4 Å². The molecule has 4 heteroatoms. The van der Waals surface area contributed by atoms with Gasteiger partial charge in [-0.25, -0.2) is 0 Å². The average molecular weight is 926 g/mol. The van der Waals surface area contributed by atoms with Gasteiger partial charge in [-0.2, -0.15) is 6.21 Å². The Morgan fingerprint density at radius 2 is 1.25 bits per heavy atom. The first kappa shape index (κ1) is 40.2. The molecule has 0 aromatic heterocycles. The third-order valence-electron chi connectivity index (χ3n) is 12.0. The third-order valence-corrected chi connectivity index (χ3v) is 12.0. The van der Waals surface area contributed by atoms with Gasteiger partial charge in [-0.1, -0.05) is 131 Å². The monoisotopic (exact) mass is 926 g/mol. The summed E-state index contributed by atoms with van der Waals surface area (Å²) < 4.78 is 13.2. The molecule has 6 aromatic carbocycles. The van der Waals surface area contributed by atoms with Gasteiger partial charge in [0.05, 0.1) is 18.6 Å². The van der Waals surface area contributed by atoms with Crippen LogP contribution in [0.5, 0.6) is 11.5 Å². The van der Waals surface area contributed by atoms with Crippen molar-refractivity contribution in [3.05, 3.63) is 170 Å². The van der Waals surface area contributed by atoms with Crippen LogP contribution in [-0.2, 0) is 25.5 Å². The van der Waals surface area contributed by atoms with E-state index in [4.69, 9.17) is 9.47 Å². The number of hydrogen-bond donors (Lipinski definition) is 0. The van der Waals surface area contributed by atoms with Crippen molar-refractivity contribution in [2.24, 2.45) is 0 Å². The topological polar surface area (TPSA) is 40.8 Å². The van der Waals surface area contributed by atoms with Crippen LogP contribution in [0.2, 0.25) is 0 Å². The van der Waals surface area contributed by atoms with Crippen LogP contribution in [0.1, 0.15) is 98.2 Å². The Morgan fingerprint density at radius 3 is 2.00 bits per heavy atom. The standard InChI is InChI=1S/C53H51NO2.Ir/c1-6-8-14-27-55-51-33-46-44-29-35(3)36(4)30-49(44)53(50(46)34-52(51)56-28-15-9-7-2)47-22-13-12-21-43(47)45-32-41(23-24-48(45)53)40-19-16-18-39(31-40)37(5)42-20-11-10-17-38(42)25-26-54;/h10-13,16-17,19-26,29-34H,6-9,14-15,27-28H2,1-5H3;/q-2;/b38-25-,42-37+;. The molecule has 1 unspecified atom stereocenters. The van der Waals surface area contributed by atoms with E-state index in [0.29, 0.717) is 13.2 Å². The van der Waals surface area contributed by atoms with Gasteiger partial charge in [0.15, 0.2) is 11.5 Å². The average Bonchev–Trinajstić information content (AvgIpc) is 3.66. The molecule has 0 saturated carbocycles. The molecule has 291 valence electrons. The Balaban J connectivity index is 0.00000496. The smallest absolute Gasteiger partial charge is 0.161 e. The van der Waals surface area contributed by atoms with Gasteiger partial charge in [0.25, 0.3) is 0 Å². The molecule has 2 aliphatic carbocycles. The number of fused-ring (bicyclic) bond motifs is 10. The molecule has 6 aromatic rings. The Morgan fingerprint density at radius 1 is 0.632 bits per heavy atom. The van der Waals surface area contributed by atoms with Crippen LogP contribution in [0.3, 0.4) is 0 Å². The van der Waals surface area contributed by atoms with Crippen LogP contribution < -0.4 is 19.9 Å². The molecule has 1 radical (unpaired) electrons. The summed E-state index contributed by atoms with van der Waals surface area (Å²) in [5, 5.41) is 11.6. The Bertz CT molecular complexity index is 2590. The molecule has 0 fully saturated rings. The molecule has 1 spiro atoms. The largest absolute Gasteiger partial charge is 0.811 e. The third kappa shape index (κ3) is 7.13. The molecular weight excluding hydrogens is 875 g/mol. The molecule has 57 heavy (non-hydrogen) atoms. The maximum atomic E-state index is 9.56. The van der Waals surface area contributed by atoms with Crippen molar-refractivity contribution in [2.75, 3.05) is 13.2 Å². The second kappa shape index (κ2) is 17.2. The predicted molar refractivity (Wildman–Crippen MR) is 234 cm³/mol. The molecular formula is C53H51IrNO2-2. The van der Waals surface area contributed by atoms with Gasteiger partial charge in [-0.3, -0.25) is 0 Å². The minimum Gasteiger partial charge on any atom is -0.811 e. The summed E-state index contributed by atoms with van der Waals surface area (Å²) in [6, 6.07) is 43.6. The number of benzene rings is 6. The van der Waals surface area contributed by atoms with Crippen LogP contribution in [0.15, 0.2) is 109 Å². The summed E-state index contributed by atoms with van der Waals surface area (Å²) in [4.78, 5) is 0. The molecule has 0 heterocycles. The fourth-order valence-corrected chi connectivity index (χ4v) is 9.00. The van der Waals surface area contributed by atoms with Crippen molar-refractivity contribution in [1.82, 2.24) is 0 Å². The van der Waals surface area contributed by atoms with Gasteiger partial charge in [0.2, 0.25) is 0 Å². The van der Waals surface area contributed by atoms with E-state index in [9.17, 15) is 5.41 Å².